The van der Waals surface area contributed by atoms with Gasteiger partial charge in [-0.15, -0.1) is 0 Å². The third-order valence-electron chi connectivity index (χ3n) is 3.16. The van der Waals surface area contributed by atoms with E-state index < -0.39 is 0 Å². The zero-order valence-electron chi connectivity index (χ0n) is 10.9. The second-order valence-electron chi connectivity index (χ2n) is 4.86. The Balaban J connectivity index is 1.82. The van der Waals surface area contributed by atoms with Gasteiger partial charge in [0.05, 0.1) is 0 Å². The van der Waals surface area contributed by atoms with Gasteiger partial charge < -0.3 is 10.6 Å². The number of amides is 1. The lowest BCUT2D eigenvalue weighted by molar-refractivity contribution is -0.121. The molecule has 0 fully saturated rings. The van der Waals surface area contributed by atoms with Crippen molar-refractivity contribution in [2.75, 3.05) is 23.9 Å². The number of hydrogen-bond donors (Lipinski definition) is 2. The molecular weight excluding hydrogens is 244 g/mol. The average Bonchev–Trinajstić information content (AvgIpc) is 2.80. The molecule has 1 aliphatic heterocycles. The van der Waals surface area contributed by atoms with E-state index in [1.807, 2.05) is 30.0 Å². The van der Waals surface area contributed by atoms with Crippen molar-refractivity contribution in [1.29, 1.82) is 0 Å². The van der Waals surface area contributed by atoms with Crippen LogP contribution in [0.1, 0.15) is 12.5 Å². The van der Waals surface area contributed by atoms with Crippen LogP contribution in [-0.2, 0) is 11.2 Å². The van der Waals surface area contributed by atoms with Crippen molar-refractivity contribution < 1.29 is 4.79 Å². The first-order chi connectivity index (χ1) is 8.70. The van der Waals surface area contributed by atoms with Crippen molar-refractivity contribution in [3.05, 3.63) is 29.8 Å². The zero-order chi connectivity index (χ0) is 13.0. The molecule has 0 aliphatic carbocycles. The van der Waals surface area contributed by atoms with E-state index in [1.54, 1.807) is 0 Å². The third-order valence-corrected chi connectivity index (χ3v) is 4.07. The number of para-hydroxylation sites is 1. The maximum absolute atomic E-state index is 12.0. The fourth-order valence-electron chi connectivity index (χ4n) is 2.20. The summed E-state index contributed by atoms with van der Waals surface area (Å²) in [5, 5.41) is 6.30. The van der Waals surface area contributed by atoms with Gasteiger partial charge in [0.15, 0.2) is 0 Å². The molecule has 2 N–H and O–H groups in total. The fourth-order valence-corrected chi connectivity index (χ4v) is 2.88. The molecule has 0 saturated heterocycles. The molecule has 1 unspecified atom stereocenters. The van der Waals surface area contributed by atoms with E-state index in [9.17, 15) is 4.79 Å². The van der Waals surface area contributed by atoms with Crippen LogP contribution in [-0.4, -0.2) is 30.5 Å². The van der Waals surface area contributed by atoms with Gasteiger partial charge in [-0.1, -0.05) is 25.1 Å². The number of nitrogens with one attached hydrogen (secondary N) is 2. The minimum Gasteiger partial charge on any atom is -0.373 e. The largest absolute Gasteiger partial charge is 0.373 e. The average molecular weight is 264 g/mol. The molecule has 2 atom stereocenters. The Morgan fingerprint density at radius 3 is 3.06 bits per heavy atom. The standard InChI is InChI=1S/C14H20N2OS/c1-10(9-18-2)8-15-14(17)13-7-11-5-3-4-6-12(11)16-13/h3-6,10,13,16H,7-9H2,1-2H3,(H,15,17)/t10?,13-/m0/s1. The van der Waals surface area contributed by atoms with Gasteiger partial charge in [-0.2, -0.15) is 11.8 Å². The minimum absolute atomic E-state index is 0.108. The van der Waals surface area contributed by atoms with E-state index in [-0.39, 0.29) is 11.9 Å². The molecule has 3 nitrogen and oxygen atoms in total. The maximum atomic E-state index is 12.0. The Morgan fingerprint density at radius 2 is 2.33 bits per heavy atom. The normalized spacial score (nSPS) is 18.9. The SMILES string of the molecule is CSCC(C)CNC(=O)[C@@H]1Cc2ccccc2N1. The molecule has 4 heteroatoms. The van der Waals surface area contributed by atoms with E-state index in [0.717, 1.165) is 24.4 Å². The molecule has 1 aromatic rings. The molecule has 98 valence electrons. The van der Waals surface area contributed by atoms with Crippen LogP contribution in [0.25, 0.3) is 0 Å². The third kappa shape index (κ3) is 3.19. The number of benzene rings is 1. The summed E-state index contributed by atoms with van der Waals surface area (Å²) < 4.78 is 0. The fraction of sp³-hybridized carbons (Fsp3) is 0.500. The van der Waals surface area contributed by atoms with Crippen LogP contribution in [0.15, 0.2) is 24.3 Å². The molecule has 0 saturated carbocycles. The van der Waals surface area contributed by atoms with Gasteiger partial charge in [-0.25, -0.2) is 0 Å². The molecule has 0 spiro atoms. The van der Waals surface area contributed by atoms with E-state index >= 15 is 0 Å². The summed E-state index contributed by atoms with van der Waals surface area (Å²) >= 11 is 1.82. The topological polar surface area (TPSA) is 41.1 Å². The van der Waals surface area contributed by atoms with Gasteiger partial charge in [0, 0.05) is 18.7 Å². The lowest BCUT2D eigenvalue weighted by Crippen LogP contribution is -2.40. The maximum Gasteiger partial charge on any atom is 0.242 e. The first kappa shape index (κ1) is 13.3. The van der Waals surface area contributed by atoms with Gasteiger partial charge in [0.1, 0.15) is 6.04 Å². The number of fused-ring (bicyclic) bond motifs is 1. The van der Waals surface area contributed by atoms with Gasteiger partial charge in [-0.05, 0) is 29.6 Å². The molecule has 1 heterocycles. The molecule has 0 aromatic heterocycles. The highest BCUT2D eigenvalue weighted by Gasteiger charge is 2.26. The highest BCUT2D eigenvalue weighted by molar-refractivity contribution is 7.98. The summed E-state index contributed by atoms with van der Waals surface area (Å²) in [6, 6.07) is 8.00. The molecular formula is C14H20N2OS. The summed E-state index contributed by atoms with van der Waals surface area (Å²) in [4.78, 5) is 12.0. The summed E-state index contributed by atoms with van der Waals surface area (Å²) in [6.45, 7) is 2.92. The van der Waals surface area contributed by atoms with Crippen LogP contribution in [0.4, 0.5) is 5.69 Å². The number of anilines is 1. The van der Waals surface area contributed by atoms with Gasteiger partial charge in [0.2, 0.25) is 5.91 Å². The Labute approximate surface area is 113 Å². The smallest absolute Gasteiger partial charge is 0.242 e. The zero-order valence-corrected chi connectivity index (χ0v) is 11.7. The summed E-state index contributed by atoms with van der Waals surface area (Å²) in [7, 11) is 0. The molecule has 18 heavy (non-hydrogen) atoms. The Bertz CT molecular complexity index is 397. The predicted molar refractivity (Wildman–Crippen MR) is 78.1 cm³/mol. The van der Waals surface area contributed by atoms with Crippen molar-refractivity contribution >= 4 is 23.4 Å². The predicted octanol–water partition coefficient (Wildman–Crippen LogP) is 2.14. The molecule has 1 aromatic carbocycles. The van der Waals surface area contributed by atoms with Crippen LogP contribution >= 0.6 is 11.8 Å². The highest BCUT2D eigenvalue weighted by atomic mass is 32.2. The summed E-state index contributed by atoms with van der Waals surface area (Å²) in [5.41, 5.74) is 2.32. The van der Waals surface area contributed by atoms with Gasteiger partial charge in [-0.3, -0.25) is 4.79 Å². The molecule has 1 amide bonds. The van der Waals surface area contributed by atoms with Gasteiger partial charge in [0.25, 0.3) is 0 Å². The highest BCUT2D eigenvalue weighted by Crippen LogP contribution is 2.25. The van der Waals surface area contributed by atoms with E-state index in [4.69, 9.17) is 0 Å². The van der Waals surface area contributed by atoms with Crippen LogP contribution in [0.5, 0.6) is 0 Å². The van der Waals surface area contributed by atoms with Crippen molar-refractivity contribution in [3.63, 3.8) is 0 Å². The van der Waals surface area contributed by atoms with Crippen LogP contribution in [0, 0.1) is 5.92 Å². The van der Waals surface area contributed by atoms with Crippen LogP contribution in [0.3, 0.4) is 0 Å². The number of thioether (sulfide) groups is 1. The van der Waals surface area contributed by atoms with E-state index in [0.29, 0.717) is 5.92 Å². The second-order valence-corrected chi connectivity index (χ2v) is 5.77. The number of rotatable bonds is 5. The Hall–Kier alpha value is -1.16. The van der Waals surface area contributed by atoms with Crippen molar-refractivity contribution in [1.82, 2.24) is 5.32 Å². The number of hydrogen-bond acceptors (Lipinski definition) is 3. The first-order valence-electron chi connectivity index (χ1n) is 6.31. The first-order valence-corrected chi connectivity index (χ1v) is 7.71. The van der Waals surface area contributed by atoms with Gasteiger partial charge >= 0.3 is 0 Å². The molecule has 0 radical (unpaired) electrons. The molecule has 2 rings (SSSR count). The monoisotopic (exact) mass is 264 g/mol. The lowest BCUT2D eigenvalue weighted by atomic mass is 10.1. The Kier molecular flexibility index (Phi) is 4.53. The van der Waals surface area contributed by atoms with Crippen molar-refractivity contribution in [2.45, 2.75) is 19.4 Å². The summed E-state index contributed by atoms with van der Waals surface area (Å²) in [6.07, 6.45) is 2.88. The second kappa shape index (κ2) is 6.14. The molecule has 0 bridgehead atoms. The minimum atomic E-state index is -0.108. The van der Waals surface area contributed by atoms with Crippen LogP contribution < -0.4 is 10.6 Å². The number of carbonyl (C=O) groups excluding carboxylic acids is 1. The Morgan fingerprint density at radius 1 is 1.56 bits per heavy atom. The van der Waals surface area contributed by atoms with E-state index in [2.05, 4.69) is 29.9 Å². The lowest BCUT2D eigenvalue weighted by Gasteiger charge is -2.15. The van der Waals surface area contributed by atoms with Crippen molar-refractivity contribution in [3.8, 4) is 0 Å². The van der Waals surface area contributed by atoms with Crippen molar-refractivity contribution in [2.24, 2.45) is 5.92 Å². The molecule has 1 aliphatic rings. The van der Waals surface area contributed by atoms with E-state index in [1.165, 1.54) is 5.56 Å². The number of carbonyl (C=O) groups is 1. The summed E-state index contributed by atoms with van der Waals surface area (Å²) in [5.74, 6) is 1.71. The quantitative estimate of drug-likeness (QED) is 0.856. The van der Waals surface area contributed by atoms with Crippen LogP contribution in [0.2, 0.25) is 0 Å².